The molecule has 1 heteroatoms. The van der Waals surface area contributed by atoms with Crippen molar-refractivity contribution in [2.45, 2.75) is 57.3 Å². The molecule has 1 aromatic carbocycles. The van der Waals surface area contributed by atoms with Gasteiger partial charge in [-0.2, -0.15) is 5.26 Å². The van der Waals surface area contributed by atoms with Crippen LogP contribution in [0.2, 0.25) is 0 Å². The van der Waals surface area contributed by atoms with E-state index in [1.807, 2.05) is 6.07 Å². The highest BCUT2D eigenvalue weighted by Crippen LogP contribution is 2.43. The van der Waals surface area contributed by atoms with Crippen molar-refractivity contribution in [3.05, 3.63) is 35.9 Å². The molecule has 0 unspecified atom stereocenters. The van der Waals surface area contributed by atoms with Gasteiger partial charge in [-0.05, 0) is 30.7 Å². The summed E-state index contributed by atoms with van der Waals surface area (Å²) in [4.78, 5) is 0. The molecule has 18 heavy (non-hydrogen) atoms. The largest absolute Gasteiger partial charge is 0.197 e. The highest BCUT2D eigenvalue weighted by molar-refractivity contribution is 5.33. The van der Waals surface area contributed by atoms with Gasteiger partial charge in [0.2, 0.25) is 0 Å². The number of nitrogens with zero attached hydrogens (tertiary/aromatic N) is 1. The molecule has 1 saturated carbocycles. The second-order valence-corrected chi connectivity index (χ2v) is 5.53. The number of nitriles is 1. The number of hydrogen-bond donors (Lipinski definition) is 0. The SMILES string of the molecule is CCC[C@](C#N)(c1ccccc1)C1CCCCC1. The van der Waals surface area contributed by atoms with Gasteiger partial charge in [0.05, 0.1) is 11.5 Å². The Kier molecular flexibility index (Phi) is 4.42. The highest BCUT2D eigenvalue weighted by Gasteiger charge is 2.40. The number of rotatable bonds is 4. The van der Waals surface area contributed by atoms with Crippen LogP contribution in [-0.4, -0.2) is 0 Å². The lowest BCUT2D eigenvalue weighted by Gasteiger charge is -2.38. The van der Waals surface area contributed by atoms with Crippen LogP contribution in [-0.2, 0) is 5.41 Å². The third kappa shape index (κ3) is 2.43. The Balaban J connectivity index is 2.36. The summed E-state index contributed by atoms with van der Waals surface area (Å²) < 4.78 is 0. The van der Waals surface area contributed by atoms with Gasteiger partial charge in [-0.3, -0.25) is 0 Å². The summed E-state index contributed by atoms with van der Waals surface area (Å²) >= 11 is 0. The van der Waals surface area contributed by atoms with E-state index in [2.05, 4.69) is 37.3 Å². The molecule has 0 amide bonds. The minimum absolute atomic E-state index is 0.240. The van der Waals surface area contributed by atoms with Crippen LogP contribution in [0.3, 0.4) is 0 Å². The normalized spacial score (nSPS) is 20.0. The van der Waals surface area contributed by atoms with Crippen LogP contribution in [0, 0.1) is 17.2 Å². The van der Waals surface area contributed by atoms with Crippen LogP contribution in [0.4, 0.5) is 0 Å². The average molecular weight is 241 g/mol. The predicted molar refractivity (Wildman–Crippen MR) is 75.2 cm³/mol. The Bertz CT molecular complexity index is 397. The predicted octanol–water partition coefficient (Wildman–Crippen LogP) is 4.83. The number of benzene rings is 1. The molecule has 0 aromatic heterocycles. The maximum atomic E-state index is 9.86. The second-order valence-electron chi connectivity index (χ2n) is 5.53. The fourth-order valence-electron chi connectivity index (χ4n) is 3.52. The van der Waals surface area contributed by atoms with Gasteiger partial charge >= 0.3 is 0 Å². The second kappa shape index (κ2) is 6.05. The fraction of sp³-hybridized carbons (Fsp3) is 0.588. The van der Waals surface area contributed by atoms with E-state index in [1.54, 1.807) is 0 Å². The maximum absolute atomic E-state index is 9.86. The van der Waals surface area contributed by atoms with Crippen molar-refractivity contribution in [3.8, 4) is 6.07 Å². The first kappa shape index (κ1) is 13.1. The van der Waals surface area contributed by atoms with Crippen LogP contribution in [0.5, 0.6) is 0 Å². The molecule has 2 rings (SSSR count). The molecule has 0 N–H and O–H groups in total. The monoisotopic (exact) mass is 241 g/mol. The summed E-state index contributed by atoms with van der Waals surface area (Å²) in [5, 5.41) is 9.86. The van der Waals surface area contributed by atoms with E-state index >= 15 is 0 Å². The van der Waals surface area contributed by atoms with Crippen LogP contribution >= 0.6 is 0 Å². The maximum Gasteiger partial charge on any atom is 0.0850 e. The van der Waals surface area contributed by atoms with E-state index in [0.717, 1.165) is 12.8 Å². The Hall–Kier alpha value is -1.29. The van der Waals surface area contributed by atoms with Crippen molar-refractivity contribution < 1.29 is 0 Å². The number of hydrogen-bond acceptors (Lipinski definition) is 1. The minimum atomic E-state index is -0.240. The minimum Gasteiger partial charge on any atom is -0.197 e. The van der Waals surface area contributed by atoms with Gasteiger partial charge in [-0.25, -0.2) is 0 Å². The molecule has 1 fully saturated rings. The third-order valence-electron chi connectivity index (χ3n) is 4.43. The Morgan fingerprint density at radius 1 is 1.17 bits per heavy atom. The molecular weight excluding hydrogens is 218 g/mol. The summed E-state index contributed by atoms with van der Waals surface area (Å²) in [5.74, 6) is 0.554. The summed E-state index contributed by atoms with van der Waals surface area (Å²) in [6.45, 7) is 2.19. The van der Waals surface area contributed by atoms with E-state index in [0.29, 0.717) is 5.92 Å². The van der Waals surface area contributed by atoms with Crippen LogP contribution in [0.1, 0.15) is 57.4 Å². The molecule has 1 atom stereocenters. The van der Waals surface area contributed by atoms with Crippen LogP contribution in [0.15, 0.2) is 30.3 Å². The molecule has 0 heterocycles. The zero-order chi connectivity index (χ0) is 12.8. The van der Waals surface area contributed by atoms with Crippen LogP contribution < -0.4 is 0 Å². The zero-order valence-electron chi connectivity index (χ0n) is 11.4. The molecule has 1 aromatic rings. The molecule has 0 radical (unpaired) electrons. The van der Waals surface area contributed by atoms with Crippen molar-refractivity contribution in [1.82, 2.24) is 0 Å². The Morgan fingerprint density at radius 3 is 2.39 bits per heavy atom. The van der Waals surface area contributed by atoms with Crippen LogP contribution in [0.25, 0.3) is 0 Å². The van der Waals surface area contributed by atoms with Crippen molar-refractivity contribution in [3.63, 3.8) is 0 Å². The Morgan fingerprint density at radius 2 is 1.83 bits per heavy atom. The van der Waals surface area contributed by atoms with Crippen molar-refractivity contribution >= 4 is 0 Å². The highest BCUT2D eigenvalue weighted by atomic mass is 14.5. The van der Waals surface area contributed by atoms with E-state index in [-0.39, 0.29) is 5.41 Å². The van der Waals surface area contributed by atoms with E-state index in [9.17, 15) is 5.26 Å². The van der Waals surface area contributed by atoms with Gasteiger partial charge in [0, 0.05) is 0 Å². The van der Waals surface area contributed by atoms with Gasteiger partial charge < -0.3 is 0 Å². The molecule has 1 aliphatic rings. The zero-order valence-corrected chi connectivity index (χ0v) is 11.4. The first-order valence-corrected chi connectivity index (χ1v) is 7.30. The molecule has 1 nitrogen and oxygen atoms in total. The van der Waals surface area contributed by atoms with E-state index < -0.39 is 0 Å². The van der Waals surface area contributed by atoms with Gasteiger partial charge in [-0.15, -0.1) is 0 Å². The third-order valence-corrected chi connectivity index (χ3v) is 4.43. The summed E-state index contributed by atoms with van der Waals surface area (Å²) in [7, 11) is 0. The fourth-order valence-corrected chi connectivity index (χ4v) is 3.52. The quantitative estimate of drug-likeness (QED) is 0.740. The van der Waals surface area contributed by atoms with Gasteiger partial charge in [-0.1, -0.05) is 62.9 Å². The smallest absolute Gasteiger partial charge is 0.0850 e. The van der Waals surface area contributed by atoms with E-state index in [4.69, 9.17) is 0 Å². The molecule has 0 spiro atoms. The summed E-state index contributed by atoms with van der Waals surface area (Å²) in [5.41, 5.74) is 0.998. The topological polar surface area (TPSA) is 23.8 Å². The standard InChI is InChI=1S/C17H23N/c1-2-13-17(14-18,15-9-5-3-6-10-15)16-11-7-4-8-12-16/h3,5-6,9-10,16H,2,4,7-8,11-13H2,1H3/t17-/m0/s1. The van der Waals surface area contributed by atoms with E-state index in [1.165, 1.54) is 37.7 Å². The summed E-state index contributed by atoms with van der Waals surface area (Å²) in [6.07, 6.45) is 8.47. The van der Waals surface area contributed by atoms with Gasteiger partial charge in [0.1, 0.15) is 0 Å². The molecule has 0 aliphatic heterocycles. The lowest BCUT2D eigenvalue weighted by atomic mass is 9.64. The molecule has 1 aliphatic carbocycles. The van der Waals surface area contributed by atoms with Crippen molar-refractivity contribution in [2.24, 2.45) is 5.92 Å². The molecule has 96 valence electrons. The average Bonchev–Trinajstić information content (AvgIpc) is 2.47. The summed E-state index contributed by atoms with van der Waals surface area (Å²) in [6, 6.07) is 13.2. The van der Waals surface area contributed by atoms with Crippen molar-refractivity contribution in [1.29, 1.82) is 5.26 Å². The first-order valence-electron chi connectivity index (χ1n) is 7.30. The molecule has 0 saturated heterocycles. The lowest BCUT2D eigenvalue weighted by Crippen LogP contribution is -2.35. The lowest BCUT2D eigenvalue weighted by molar-refractivity contribution is 0.238. The molecule has 0 bridgehead atoms. The van der Waals surface area contributed by atoms with Crippen molar-refractivity contribution in [2.75, 3.05) is 0 Å². The first-order chi connectivity index (χ1) is 8.83. The van der Waals surface area contributed by atoms with Gasteiger partial charge in [0.25, 0.3) is 0 Å². The Labute approximate surface area is 111 Å². The van der Waals surface area contributed by atoms with Gasteiger partial charge in [0.15, 0.2) is 0 Å². The molecular formula is C17H23N.